The molecule has 0 spiro atoms. The number of nitrogens with two attached hydrogens (primary N) is 1. The van der Waals surface area contributed by atoms with E-state index in [1.807, 2.05) is 6.20 Å². The van der Waals surface area contributed by atoms with Crippen LogP contribution in [0.1, 0.15) is 5.69 Å². The fourth-order valence-electron chi connectivity index (χ4n) is 1.68. The van der Waals surface area contributed by atoms with Crippen molar-refractivity contribution in [1.29, 1.82) is 0 Å². The van der Waals surface area contributed by atoms with Crippen molar-refractivity contribution < 1.29 is 0 Å². The van der Waals surface area contributed by atoms with Crippen LogP contribution in [0.2, 0.25) is 0 Å². The molecular formula is C10H17N5. The smallest absolute Gasteiger partial charge is 0.147 e. The molecule has 0 bridgehead atoms. The molecule has 2 N–H and O–H groups in total. The van der Waals surface area contributed by atoms with E-state index in [1.54, 1.807) is 6.20 Å². The van der Waals surface area contributed by atoms with Gasteiger partial charge in [0.05, 0.1) is 11.9 Å². The van der Waals surface area contributed by atoms with E-state index in [0.29, 0.717) is 6.54 Å². The molecule has 0 aromatic carbocycles. The highest BCUT2D eigenvalue weighted by Gasteiger charge is 2.15. The number of piperazine rings is 1. The summed E-state index contributed by atoms with van der Waals surface area (Å²) >= 11 is 0. The first-order valence-electron chi connectivity index (χ1n) is 5.24. The van der Waals surface area contributed by atoms with Crippen LogP contribution in [0.4, 0.5) is 5.82 Å². The van der Waals surface area contributed by atoms with Gasteiger partial charge in [-0.1, -0.05) is 0 Å². The van der Waals surface area contributed by atoms with Gasteiger partial charge in [-0.05, 0) is 7.05 Å². The standard InChI is InChI=1S/C10H17N5/c1-14-2-4-15(5-3-14)10-8-12-7-9(6-11)13-10/h7-8H,2-6,11H2,1H3. The zero-order valence-electron chi connectivity index (χ0n) is 9.06. The molecule has 0 radical (unpaired) electrons. The zero-order valence-corrected chi connectivity index (χ0v) is 9.06. The molecule has 0 saturated carbocycles. The highest BCUT2D eigenvalue weighted by molar-refractivity contribution is 5.36. The minimum atomic E-state index is 0.453. The lowest BCUT2D eigenvalue weighted by Crippen LogP contribution is -2.44. The molecule has 0 unspecified atom stereocenters. The summed E-state index contributed by atoms with van der Waals surface area (Å²) in [6, 6.07) is 0. The van der Waals surface area contributed by atoms with Gasteiger partial charge in [0.2, 0.25) is 0 Å². The topological polar surface area (TPSA) is 58.3 Å². The number of hydrogen-bond donors (Lipinski definition) is 1. The number of nitrogens with zero attached hydrogens (tertiary/aromatic N) is 4. The summed E-state index contributed by atoms with van der Waals surface area (Å²) in [5.41, 5.74) is 6.39. The minimum Gasteiger partial charge on any atom is -0.353 e. The summed E-state index contributed by atoms with van der Waals surface area (Å²) in [5, 5.41) is 0. The molecule has 1 aromatic rings. The average molecular weight is 207 g/mol. The summed E-state index contributed by atoms with van der Waals surface area (Å²) < 4.78 is 0. The molecule has 0 amide bonds. The summed E-state index contributed by atoms with van der Waals surface area (Å²) in [6.45, 7) is 4.63. The van der Waals surface area contributed by atoms with Crippen LogP contribution in [0.5, 0.6) is 0 Å². The summed E-state index contributed by atoms with van der Waals surface area (Å²) in [6.07, 6.45) is 3.53. The van der Waals surface area contributed by atoms with Crippen LogP contribution in [0, 0.1) is 0 Å². The Kier molecular flexibility index (Phi) is 3.13. The van der Waals surface area contributed by atoms with E-state index in [2.05, 4.69) is 26.8 Å². The van der Waals surface area contributed by atoms with E-state index in [9.17, 15) is 0 Å². The minimum absolute atomic E-state index is 0.453. The molecule has 0 aliphatic carbocycles. The van der Waals surface area contributed by atoms with Gasteiger partial charge in [0.25, 0.3) is 0 Å². The number of likely N-dealkylation sites (N-methyl/N-ethyl adjacent to an activating group) is 1. The first kappa shape index (κ1) is 10.3. The average Bonchev–Trinajstić information content (AvgIpc) is 2.30. The van der Waals surface area contributed by atoms with Crippen LogP contribution in [-0.4, -0.2) is 48.1 Å². The molecule has 1 aliphatic rings. The molecule has 15 heavy (non-hydrogen) atoms. The van der Waals surface area contributed by atoms with Crippen molar-refractivity contribution >= 4 is 5.82 Å². The van der Waals surface area contributed by atoms with Crippen molar-refractivity contribution in [2.75, 3.05) is 38.1 Å². The quantitative estimate of drug-likeness (QED) is 0.720. The van der Waals surface area contributed by atoms with Gasteiger partial charge in [0.1, 0.15) is 5.82 Å². The molecule has 1 saturated heterocycles. The molecular weight excluding hydrogens is 190 g/mol. The fourth-order valence-corrected chi connectivity index (χ4v) is 1.68. The number of aromatic nitrogens is 2. The zero-order chi connectivity index (χ0) is 10.7. The maximum Gasteiger partial charge on any atom is 0.147 e. The molecule has 5 nitrogen and oxygen atoms in total. The highest BCUT2D eigenvalue weighted by Crippen LogP contribution is 2.11. The lowest BCUT2D eigenvalue weighted by molar-refractivity contribution is 0.312. The third-order valence-corrected chi connectivity index (χ3v) is 2.71. The second-order valence-electron chi connectivity index (χ2n) is 3.86. The molecule has 1 aliphatic heterocycles. The van der Waals surface area contributed by atoms with Crippen LogP contribution in [0.3, 0.4) is 0 Å². The maximum absolute atomic E-state index is 5.54. The SMILES string of the molecule is CN1CCN(c2cncc(CN)n2)CC1. The highest BCUT2D eigenvalue weighted by atomic mass is 15.3. The summed E-state index contributed by atoms with van der Waals surface area (Å²) in [5.74, 6) is 0.950. The van der Waals surface area contributed by atoms with Gasteiger partial charge in [-0.25, -0.2) is 4.98 Å². The summed E-state index contributed by atoms with van der Waals surface area (Å²) in [7, 11) is 2.14. The Morgan fingerprint density at radius 1 is 1.27 bits per heavy atom. The van der Waals surface area contributed by atoms with Gasteiger partial charge in [0, 0.05) is 38.9 Å². The van der Waals surface area contributed by atoms with Crippen molar-refractivity contribution in [3.8, 4) is 0 Å². The number of rotatable bonds is 2. The van der Waals surface area contributed by atoms with Crippen molar-refractivity contribution in [3.05, 3.63) is 18.1 Å². The first-order valence-corrected chi connectivity index (χ1v) is 5.24. The monoisotopic (exact) mass is 207 g/mol. The normalized spacial score (nSPS) is 18.1. The van der Waals surface area contributed by atoms with Crippen molar-refractivity contribution in [1.82, 2.24) is 14.9 Å². The van der Waals surface area contributed by atoms with Gasteiger partial charge in [-0.3, -0.25) is 4.98 Å². The van der Waals surface area contributed by atoms with Gasteiger partial charge in [-0.2, -0.15) is 0 Å². The molecule has 2 rings (SSSR count). The molecule has 0 atom stereocenters. The van der Waals surface area contributed by atoms with E-state index in [0.717, 1.165) is 37.7 Å². The second-order valence-corrected chi connectivity index (χ2v) is 3.86. The Morgan fingerprint density at radius 2 is 2.00 bits per heavy atom. The molecule has 2 heterocycles. The van der Waals surface area contributed by atoms with Crippen LogP contribution < -0.4 is 10.6 Å². The van der Waals surface area contributed by atoms with E-state index in [-0.39, 0.29) is 0 Å². The Balaban J connectivity index is 2.08. The Hall–Kier alpha value is -1.20. The number of anilines is 1. The van der Waals surface area contributed by atoms with Crippen LogP contribution in [0.25, 0.3) is 0 Å². The van der Waals surface area contributed by atoms with Crippen molar-refractivity contribution in [2.45, 2.75) is 6.54 Å². The maximum atomic E-state index is 5.54. The summed E-state index contributed by atoms with van der Waals surface area (Å²) in [4.78, 5) is 13.2. The lowest BCUT2D eigenvalue weighted by atomic mass is 10.3. The predicted molar refractivity (Wildman–Crippen MR) is 59.6 cm³/mol. The van der Waals surface area contributed by atoms with Gasteiger partial charge >= 0.3 is 0 Å². The third kappa shape index (κ3) is 2.43. The van der Waals surface area contributed by atoms with Crippen molar-refractivity contribution in [3.63, 3.8) is 0 Å². The predicted octanol–water partition coefficient (Wildman–Crippen LogP) is -0.313. The van der Waals surface area contributed by atoms with E-state index < -0.39 is 0 Å². The number of hydrogen-bond acceptors (Lipinski definition) is 5. The molecule has 1 aromatic heterocycles. The van der Waals surface area contributed by atoms with E-state index >= 15 is 0 Å². The Labute approximate surface area is 89.9 Å². The van der Waals surface area contributed by atoms with Gasteiger partial charge in [0.15, 0.2) is 0 Å². The van der Waals surface area contributed by atoms with Crippen LogP contribution >= 0.6 is 0 Å². The van der Waals surface area contributed by atoms with Crippen LogP contribution in [0.15, 0.2) is 12.4 Å². The lowest BCUT2D eigenvalue weighted by Gasteiger charge is -2.33. The largest absolute Gasteiger partial charge is 0.353 e. The Morgan fingerprint density at radius 3 is 2.67 bits per heavy atom. The van der Waals surface area contributed by atoms with Crippen molar-refractivity contribution in [2.24, 2.45) is 5.73 Å². The second kappa shape index (κ2) is 4.55. The Bertz CT molecular complexity index is 319. The molecule has 1 fully saturated rings. The van der Waals surface area contributed by atoms with E-state index in [4.69, 9.17) is 5.73 Å². The molecule has 82 valence electrons. The van der Waals surface area contributed by atoms with Gasteiger partial charge < -0.3 is 15.5 Å². The van der Waals surface area contributed by atoms with Gasteiger partial charge in [-0.15, -0.1) is 0 Å². The van der Waals surface area contributed by atoms with E-state index in [1.165, 1.54) is 0 Å². The fraction of sp³-hybridized carbons (Fsp3) is 0.600. The third-order valence-electron chi connectivity index (χ3n) is 2.71. The van der Waals surface area contributed by atoms with Crippen LogP contribution in [-0.2, 0) is 6.54 Å². The first-order chi connectivity index (χ1) is 7.29. The molecule has 5 heteroatoms.